The van der Waals surface area contributed by atoms with Gasteiger partial charge in [-0.1, -0.05) is 12.2 Å². The SMILES string of the molecule is NC(=S)c1ccc(NC(=O)CN2CCCC2=O)cc1. The molecule has 2 amide bonds. The quantitative estimate of drug-likeness (QED) is 0.801. The summed E-state index contributed by atoms with van der Waals surface area (Å²) in [6.07, 6.45) is 1.37. The number of nitrogens with zero attached hydrogens (tertiary/aromatic N) is 1. The fourth-order valence-corrected chi connectivity index (χ4v) is 2.10. The molecule has 5 nitrogen and oxygen atoms in total. The maximum atomic E-state index is 11.8. The number of carbonyl (C=O) groups excluding carboxylic acids is 2. The highest BCUT2D eigenvalue weighted by atomic mass is 32.1. The van der Waals surface area contributed by atoms with Crippen LogP contribution in [0.4, 0.5) is 5.69 Å². The molecule has 0 aromatic heterocycles. The van der Waals surface area contributed by atoms with Gasteiger partial charge in [-0.25, -0.2) is 0 Å². The first kappa shape index (κ1) is 13.5. The molecule has 0 saturated carbocycles. The van der Waals surface area contributed by atoms with E-state index in [4.69, 9.17) is 18.0 Å². The van der Waals surface area contributed by atoms with Crippen LogP contribution in [0.3, 0.4) is 0 Å². The summed E-state index contributed by atoms with van der Waals surface area (Å²) < 4.78 is 0. The molecule has 1 fully saturated rings. The number of thiocarbonyl (C=S) groups is 1. The lowest BCUT2D eigenvalue weighted by atomic mass is 10.2. The molecule has 0 radical (unpaired) electrons. The minimum absolute atomic E-state index is 0.0407. The summed E-state index contributed by atoms with van der Waals surface area (Å²) in [4.78, 5) is 25.1. The third-order valence-electron chi connectivity index (χ3n) is 2.96. The lowest BCUT2D eigenvalue weighted by molar-refractivity contribution is -0.131. The van der Waals surface area contributed by atoms with Crippen molar-refractivity contribution in [3.8, 4) is 0 Å². The lowest BCUT2D eigenvalue weighted by Crippen LogP contribution is -2.33. The highest BCUT2D eigenvalue weighted by molar-refractivity contribution is 7.80. The monoisotopic (exact) mass is 277 g/mol. The van der Waals surface area contributed by atoms with Crippen molar-refractivity contribution < 1.29 is 9.59 Å². The number of amides is 2. The third-order valence-corrected chi connectivity index (χ3v) is 3.19. The largest absolute Gasteiger partial charge is 0.389 e. The molecule has 100 valence electrons. The summed E-state index contributed by atoms with van der Waals surface area (Å²) in [6, 6.07) is 6.97. The first-order valence-electron chi connectivity index (χ1n) is 6.04. The summed E-state index contributed by atoms with van der Waals surface area (Å²) in [7, 11) is 0. The average molecular weight is 277 g/mol. The number of nitrogens with two attached hydrogens (primary N) is 1. The second-order valence-corrected chi connectivity index (χ2v) is 4.85. The minimum Gasteiger partial charge on any atom is -0.389 e. The summed E-state index contributed by atoms with van der Waals surface area (Å²) in [5.74, 6) is -0.155. The highest BCUT2D eigenvalue weighted by Gasteiger charge is 2.22. The maximum absolute atomic E-state index is 11.8. The van der Waals surface area contributed by atoms with Gasteiger partial charge in [-0.05, 0) is 30.7 Å². The topological polar surface area (TPSA) is 75.4 Å². The van der Waals surface area contributed by atoms with Crippen molar-refractivity contribution in [2.24, 2.45) is 5.73 Å². The molecular formula is C13H15N3O2S. The molecule has 1 aromatic carbocycles. The highest BCUT2D eigenvalue weighted by Crippen LogP contribution is 2.12. The van der Waals surface area contributed by atoms with Gasteiger partial charge in [0.1, 0.15) is 4.99 Å². The summed E-state index contributed by atoms with van der Waals surface area (Å²) in [5.41, 5.74) is 6.91. The molecule has 19 heavy (non-hydrogen) atoms. The Bertz CT molecular complexity index is 513. The number of hydrogen-bond donors (Lipinski definition) is 2. The first-order chi connectivity index (χ1) is 9.06. The number of rotatable bonds is 4. The van der Waals surface area contributed by atoms with Gasteiger partial charge in [0.25, 0.3) is 0 Å². The molecule has 6 heteroatoms. The van der Waals surface area contributed by atoms with Crippen LogP contribution in [0.2, 0.25) is 0 Å². The lowest BCUT2D eigenvalue weighted by Gasteiger charge is -2.15. The van der Waals surface area contributed by atoms with Gasteiger partial charge in [0.05, 0.1) is 6.54 Å². The smallest absolute Gasteiger partial charge is 0.243 e. The van der Waals surface area contributed by atoms with Gasteiger partial charge in [0.15, 0.2) is 0 Å². The fourth-order valence-electron chi connectivity index (χ4n) is 1.96. The Labute approximate surface area is 116 Å². The Morgan fingerprint density at radius 1 is 1.37 bits per heavy atom. The molecule has 3 N–H and O–H groups in total. The van der Waals surface area contributed by atoms with E-state index in [9.17, 15) is 9.59 Å². The Morgan fingerprint density at radius 2 is 2.05 bits per heavy atom. The van der Waals surface area contributed by atoms with Crippen molar-refractivity contribution in [3.05, 3.63) is 29.8 Å². The third kappa shape index (κ3) is 3.51. The molecule has 0 aliphatic carbocycles. The average Bonchev–Trinajstić information content (AvgIpc) is 2.75. The number of carbonyl (C=O) groups is 2. The zero-order valence-electron chi connectivity index (χ0n) is 10.4. The van der Waals surface area contributed by atoms with Gasteiger partial charge in [-0.3, -0.25) is 9.59 Å². The summed E-state index contributed by atoms with van der Waals surface area (Å²) in [5, 5.41) is 2.74. The maximum Gasteiger partial charge on any atom is 0.243 e. The Balaban J connectivity index is 1.91. The molecule has 1 aliphatic heterocycles. The molecule has 1 heterocycles. The number of anilines is 1. The molecule has 1 saturated heterocycles. The van der Waals surface area contributed by atoms with E-state index in [0.717, 1.165) is 12.0 Å². The molecule has 0 unspecified atom stereocenters. The van der Waals surface area contributed by atoms with E-state index >= 15 is 0 Å². The number of likely N-dealkylation sites (tertiary alicyclic amines) is 1. The van der Waals surface area contributed by atoms with Crippen LogP contribution in [0.5, 0.6) is 0 Å². The van der Waals surface area contributed by atoms with Crippen molar-refractivity contribution in [3.63, 3.8) is 0 Å². The van der Waals surface area contributed by atoms with E-state index < -0.39 is 0 Å². The van der Waals surface area contributed by atoms with E-state index in [-0.39, 0.29) is 18.4 Å². The van der Waals surface area contributed by atoms with Gasteiger partial charge < -0.3 is 16.0 Å². The van der Waals surface area contributed by atoms with E-state index in [1.54, 1.807) is 29.2 Å². The summed E-state index contributed by atoms with van der Waals surface area (Å²) in [6.45, 7) is 0.766. The Hall–Kier alpha value is -1.95. The van der Waals surface area contributed by atoms with Crippen LogP contribution < -0.4 is 11.1 Å². The first-order valence-corrected chi connectivity index (χ1v) is 6.44. The van der Waals surface area contributed by atoms with Crippen molar-refractivity contribution >= 4 is 34.7 Å². The normalized spacial score (nSPS) is 14.5. The molecule has 0 bridgehead atoms. The molecule has 2 rings (SSSR count). The van der Waals surface area contributed by atoms with Crippen LogP contribution in [0.15, 0.2) is 24.3 Å². The van der Waals surface area contributed by atoms with Gasteiger partial charge in [-0.2, -0.15) is 0 Å². The van der Waals surface area contributed by atoms with E-state index in [1.165, 1.54) is 0 Å². The predicted molar refractivity (Wildman–Crippen MR) is 76.8 cm³/mol. The zero-order chi connectivity index (χ0) is 13.8. The van der Waals surface area contributed by atoms with Crippen molar-refractivity contribution in [1.29, 1.82) is 0 Å². The number of nitrogens with one attached hydrogen (secondary N) is 1. The second kappa shape index (κ2) is 5.79. The van der Waals surface area contributed by atoms with Crippen molar-refractivity contribution in [2.75, 3.05) is 18.4 Å². The molecule has 1 aliphatic rings. The van der Waals surface area contributed by atoms with Gasteiger partial charge in [-0.15, -0.1) is 0 Å². The van der Waals surface area contributed by atoms with E-state index in [1.807, 2.05) is 0 Å². The Morgan fingerprint density at radius 3 is 2.58 bits per heavy atom. The number of benzene rings is 1. The van der Waals surface area contributed by atoms with E-state index in [0.29, 0.717) is 23.6 Å². The van der Waals surface area contributed by atoms with Crippen LogP contribution >= 0.6 is 12.2 Å². The minimum atomic E-state index is -0.196. The van der Waals surface area contributed by atoms with Crippen LogP contribution in [0.25, 0.3) is 0 Å². The summed E-state index contributed by atoms with van der Waals surface area (Å²) >= 11 is 4.85. The predicted octanol–water partition coefficient (Wildman–Crippen LogP) is 0.882. The second-order valence-electron chi connectivity index (χ2n) is 4.41. The van der Waals surface area contributed by atoms with Crippen LogP contribution in [0, 0.1) is 0 Å². The van der Waals surface area contributed by atoms with Crippen molar-refractivity contribution in [2.45, 2.75) is 12.8 Å². The van der Waals surface area contributed by atoms with Crippen LogP contribution in [-0.4, -0.2) is 34.8 Å². The van der Waals surface area contributed by atoms with E-state index in [2.05, 4.69) is 5.32 Å². The molecule has 0 spiro atoms. The molecule has 0 atom stereocenters. The standard InChI is InChI=1S/C13H15N3O2S/c14-13(19)9-3-5-10(6-4-9)15-11(17)8-16-7-1-2-12(16)18/h3-6H,1-2,7-8H2,(H2,14,19)(H,15,17). The molecule has 1 aromatic rings. The van der Waals surface area contributed by atoms with Crippen molar-refractivity contribution in [1.82, 2.24) is 4.90 Å². The number of hydrogen-bond acceptors (Lipinski definition) is 3. The van der Waals surface area contributed by atoms with Gasteiger partial charge in [0.2, 0.25) is 11.8 Å². The zero-order valence-corrected chi connectivity index (χ0v) is 11.2. The Kier molecular flexibility index (Phi) is 4.11. The van der Waals surface area contributed by atoms with Gasteiger partial charge in [0, 0.05) is 24.2 Å². The van der Waals surface area contributed by atoms with Crippen LogP contribution in [0.1, 0.15) is 18.4 Å². The van der Waals surface area contributed by atoms with Crippen LogP contribution in [-0.2, 0) is 9.59 Å². The molecular weight excluding hydrogens is 262 g/mol. The van der Waals surface area contributed by atoms with Gasteiger partial charge >= 0.3 is 0 Å². The fraction of sp³-hybridized carbons (Fsp3) is 0.308.